The van der Waals surface area contributed by atoms with Gasteiger partial charge in [0.15, 0.2) is 0 Å². The van der Waals surface area contributed by atoms with Crippen LogP contribution in [0.15, 0.2) is 36.7 Å². The van der Waals surface area contributed by atoms with Crippen molar-refractivity contribution in [3.8, 4) is 11.1 Å². The van der Waals surface area contributed by atoms with Crippen LogP contribution in [0.1, 0.15) is 29.6 Å². The molecule has 2 aromatic rings. The molecule has 1 aliphatic rings. The van der Waals surface area contributed by atoms with Gasteiger partial charge in [-0.15, -0.1) is 0 Å². The lowest BCUT2D eigenvalue weighted by molar-refractivity contribution is -0.118. The molecule has 0 unspecified atom stereocenters. The molecule has 0 radical (unpaired) electrons. The topological polar surface area (TPSA) is 113 Å². The molecule has 0 aliphatic carbocycles. The first-order valence-corrected chi connectivity index (χ1v) is 9.61. The predicted molar refractivity (Wildman–Crippen MR) is 105 cm³/mol. The number of carbonyl (C=O) groups is 2. The quantitative estimate of drug-likeness (QED) is 0.616. The van der Waals surface area contributed by atoms with Crippen molar-refractivity contribution in [2.45, 2.75) is 31.8 Å². The fourth-order valence-corrected chi connectivity index (χ4v) is 3.58. The van der Waals surface area contributed by atoms with Gasteiger partial charge in [-0.3, -0.25) is 19.2 Å². The fraction of sp³-hybridized carbons (Fsp3) is 0.450. The first kappa shape index (κ1) is 20.0. The van der Waals surface area contributed by atoms with E-state index < -0.39 is 5.91 Å². The third-order valence-corrected chi connectivity index (χ3v) is 5.05. The number of carbonyl (C=O) groups excluding carboxylic acids is 2. The SMILES string of the molecule is NC(=O)Cn1cc(-c2cccc(C(=O)NCCN3CCCC[C@H]3CO)c2)cn1. The summed E-state index contributed by atoms with van der Waals surface area (Å²) < 4.78 is 1.47. The van der Waals surface area contributed by atoms with Crippen LogP contribution in [0.2, 0.25) is 0 Å². The van der Waals surface area contributed by atoms with Crippen LogP contribution in [0, 0.1) is 0 Å². The van der Waals surface area contributed by atoms with Gasteiger partial charge >= 0.3 is 0 Å². The minimum atomic E-state index is -0.458. The van der Waals surface area contributed by atoms with Crippen LogP contribution in [-0.4, -0.2) is 63.9 Å². The number of nitrogens with zero attached hydrogens (tertiary/aromatic N) is 3. The summed E-state index contributed by atoms with van der Waals surface area (Å²) in [5, 5.41) is 16.5. The van der Waals surface area contributed by atoms with Crippen LogP contribution in [0.3, 0.4) is 0 Å². The summed E-state index contributed by atoms with van der Waals surface area (Å²) in [4.78, 5) is 25.8. The van der Waals surface area contributed by atoms with E-state index in [9.17, 15) is 14.7 Å². The Hall–Kier alpha value is -2.71. The number of piperidine rings is 1. The molecule has 0 saturated carbocycles. The van der Waals surface area contributed by atoms with Gasteiger partial charge in [0.25, 0.3) is 5.91 Å². The van der Waals surface area contributed by atoms with Crippen LogP contribution in [-0.2, 0) is 11.3 Å². The van der Waals surface area contributed by atoms with Gasteiger partial charge < -0.3 is 16.2 Å². The largest absolute Gasteiger partial charge is 0.395 e. The lowest BCUT2D eigenvalue weighted by Crippen LogP contribution is -2.45. The zero-order chi connectivity index (χ0) is 19.9. The van der Waals surface area contributed by atoms with E-state index in [-0.39, 0.29) is 25.1 Å². The number of likely N-dealkylation sites (tertiary alicyclic amines) is 1. The molecule has 2 amide bonds. The zero-order valence-corrected chi connectivity index (χ0v) is 15.9. The molecule has 0 bridgehead atoms. The Morgan fingerprint density at radius 1 is 1.29 bits per heavy atom. The Morgan fingerprint density at radius 3 is 2.93 bits per heavy atom. The minimum absolute atomic E-state index is 0.0194. The van der Waals surface area contributed by atoms with Crippen molar-refractivity contribution in [2.24, 2.45) is 5.73 Å². The molecule has 0 spiro atoms. The molecule has 1 aromatic heterocycles. The van der Waals surface area contributed by atoms with Gasteiger partial charge in [0.05, 0.1) is 12.8 Å². The van der Waals surface area contributed by atoms with Crippen LogP contribution in [0.4, 0.5) is 0 Å². The first-order valence-electron chi connectivity index (χ1n) is 9.61. The molecule has 8 heteroatoms. The van der Waals surface area contributed by atoms with Crippen LogP contribution in [0.25, 0.3) is 11.1 Å². The van der Waals surface area contributed by atoms with E-state index in [0.29, 0.717) is 12.1 Å². The van der Waals surface area contributed by atoms with E-state index in [1.165, 1.54) is 4.68 Å². The van der Waals surface area contributed by atoms with Gasteiger partial charge in [-0.25, -0.2) is 0 Å². The Balaban J connectivity index is 1.58. The fourth-order valence-electron chi connectivity index (χ4n) is 3.58. The molecule has 4 N–H and O–H groups in total. The van der Waals surface area contributed by atoms with Crippen LogP contribution >= 0.6 is 0 Å². The molecule has 1 fully saturated rings. The average molecular weight is 385 g/mol. The summed E-state index contributed by atoms with van der Waals surface area (Å²) in [5.41, 5.74) is 7.41. The number of benzene rings is 1. The number of amides is 2. The molecule has 8 nitrogen and oxygen atoms in total. The number of aromatic nitrogens is 2. The standard InChI is InChI=1S/C20H27N5O3/c21-19(27)13-25-12-17(11-23-25)15-4-3-5-16(10-15)20(28)22-7-9-24-8-2-1-6-18(24)14-26/h3-5,10-12,18,26H,1-2,6-9,13-14H2,(H2,21,27)(H,22,28)/t18-/m0/s1. The lowest BCUT2D eigenvalue weighted by atomic mass is 10.0. The molecule has 1 aliphatic heterocycles. The van der Waals surface area contributed by atoms with E-state index in [4.69, 9.17) is 5.73 Å². The average Bonchev–Trinajstić information content (AvgIpc) is 3.16. The number of hydrogen-bond donors (Lipinski definition) is 3. The number of aliphatic hydroxyl groups is 1. The van der Waals surface area contributed by atoms with Crippen molar-refractivity contribution in [1.82, 2.24) is 20.0 Å². The molecule has 3 rings (SSSR count). The summed E-state index contributed by atoms with van der Waals surface area (Å²) >= 11 is 0. The highest BCUT2D eigenvalue weighted by Gasteiger charge is 2.21. The first-order chi connectivity index (χ1) is 13.6. The van der Waals surface area contributed by atoms with E-state index in [2.05, 4.69) is 15.3 Å². The van der Waals surface area contributed by atoms with Crippen LogP contribution in [0.5, 0.6) is 0 Å². The monoisotopic (exact) mass is 385 g/mol. The van der Waals surface area contributed by atoms with Crippen molar-refractivity contribution in [3.05, 3.63) is 42.2 Å². The van der Waals surface area contributed by atoms with Crippen molar-refractivity contribution in [3.63, 3.8) is 0 Å². The van der Waals surface area contributed by atoms with E-state index in [0.717, 1.165) is 43.5 Å². The molecular formula is C20H27N5O3. The Kier molecular flexibility index (Phi) is 6.78. The minimum Gasteiger partial charge on any atom is -0.395 e. The summed E-state index contributed by atoms with van der Waals surface area (Å²) in [6.07, 6.45) is 6.67. The third kappa shape index (κ3) is 5.17. The second kappa shape index (κ2) is 9.48. The highest BCUT2D eigenvalue weighted by molar-refractivity contribution is 5.95. The maximum absolute atomic E-state index is 12.5. The molecule has 1 atom stereocenters. The molecular weight excluding hydrogens is 358 g/mol. The number of nitrogens with one attached hydrogen (secondary N) is 1. The maximum Gasteiger partial charge on any atom is 0.251 e. The van der Waals surface area contributed by atoms with Gasteiger partial charge in [-0.05, 0) is 37.1 Å². The number of nitrogens with two attached hydrogens (primary N) is 1. The number of primary amides is 1. The van der Waals surface area contributed by atoms with Crippen molar-refractivity contribution >= 4 is 11.8 Å². The van der Waals surface area contributed by atoms with Gasteiger partial charge in [-0.2, -0.15) is 5.10 Å². The van der Waals surface area contributed by atoms with E-state index in [1.54, 1.807) is 24.5 Å². The lowest BCUT2D eigenvalue weighted by Gasteiger charge is -2.34. The summed E-state index contributed by atoms with van der Waals surface area (Å²) in [5.74, 6) is -0.594. The zero-order valence-electron chi connectivity index (χ0n) is 15.9. The van der Waals surface area contributed by atoms with Crippen molar-refractivity contribution in [2.75, 3.05) is 26.2 Å². The van der Waals surface area contributed by atoms with E-state index in [1.807, 2.05) is 12.1 Å². The Morgan fingerprint density at radius 2 is 2.14 bits per heavy atom. The molecule has 2 heterocycles. The number of rotatable bonds is 8. The highest BCUT2D eigenvalue weighted by atomic mass is 16.3. The molecule has 28 heavy (non-hydrogen) atoms. The van der Waals surface area contributed by atoms with Gasteiger partial charge in [0.2, 0.25) is 5.91 Å². The number of hydrogen-bond acceptors (Lipinski definition) is 5. The normalized spacial score (nSPS) is 17.4. The predicted octanol–water partition coefficient (Wildman–Crippen LogP) is 0.612. The van der Waals surface area contributed by atoms with Crippen LogP contribution < -0.4 is 11.1 Å². The van der Waals surface area contributed by atoms with Gasteiger partial charge in [0.1, 0.15) is 6.54 Å². The van der Waals surface area contributed by atoms with E-state index >= 15 is 0 Å². The van der Waals surface area contributed by atoms with Crippen molar-refractivity contribution < 1.29 is 14.7 Å². The van der Waals surface area contributed by atoms with Gasteiger partial charge in [0, 0.05) is 36.5 Å². The Bertz CT molecular complexity index is 820. The summed E-state index contributed by atoms with van der Waals surface area (Å²) in [6, 6.07) is 7.48. The number of aliphatic hydroxyl groups excluding tert-OH is 1. The summed E-state index contributed by atoms with van der Waals surface area (Å²) in [6.45, 7) is 2.42. The Labute approximate surface area is 164 Å². The maximum atomic E-state index is 12.5. The molecule has 1 saturated heterocycles. The second-order valence-corrected chi connectivity index (χ2v) is 7.10. The van der Waals surface area contributed by atoms with Crippen molar-refractivity contribution in [1.29, 1.82) is 0 Å². The summed E-state index contributed by atoms with van der Waals surface area (Å²) in [7, 11) is 0. The molecule has 1 aromatic carbocycles. The second-order valence-electron chi connectivity index (χ2n) is 7.10. The smallest absolute Gasteiger partial charge is 0.251 e. The third-order valence-electron chi connectivity index (χ3n) is 5.05. The highest BCUT2D eigenvalue weighted by Crippen LogP contribution is 2.20. The molecule has 150 valence electrons. The van der Waals surface area contributed by atoms with Gasteiger partial charge in [-0.1, -0.05) is 18.6 Å².